The number of anilines is 1. The van der Waals surface area contributed by atoms with Gasteiger partial charge in [0.05, 0.1) is 16.1 Å². The summed E-state index contributed by atoms with van der Waals surface area (Å²) in [5.74, 6) is -1.29. The van der Waals surface area contributed by atoms with E-state index in [0.717, 1.165) is 5.56 Å². The highest BCUT2D eigenvalue weighted by Gasteiger charge is 2.24. The van der Waals surface area contributed by atoms with E-state index >= 15 is 0 Å². The summed E-state index contributed by atoms with van der Waals surface area (Å²) in [6.45, 7) is 4.93. The number of halogens is 1. The number of nitrogens with zero attached hydrogens (tertiary/aromatic N) is 1. The molecular weight excluding hydrogens is 460 g/mol. The molecule has 0 atom stereocenters. The molecule has 7 nitrogen and oxygen atoms in total. The Morgan fingerprint density at radius 1 is 1.17 bits per heavy atom. The summed E-state index contributed by atoms with van der Waals surface area (Å²) in [6.07, 6.45) is 0. The number of hydrogen-bond acceptors (Lipinski definition) is 5. The molecule has 156 valence electrons. The smallest absolute Gasteiger partial charge is 0.338 e. The Morgan fingerprint density at radius 3 is 2.48 bits per heavy atom. The van der Waals surface area contributed by atoms with Crippen LogP contribution in [-0.2, 0) is 19.6 Å². The molecule has 0 aliphatic heterocycles. The summed E-state index contributed by atoms with van der Waals surface area (Å²) < 4.78 is 32.1. The van der Waals surface area contributed by atoms with Crippen molar-refractivity contribution in [3.63, 3.8) is 0 Å². The Hall–Kier alpha value is -2.23. The first-order valence-corrected chi connectivity index (χ1v) is 11.1. The number of esters is 1. The van der Waals surface area contributed by atoms with Gasteiger partial charge in [-0.3, -0.25) is 4.79 Å². The van der Waals surface area contributed by atoms with Crippen LogP contribution in [0, 0.1) is 6.92 Å². The van der Waals surface area contributed by atoms with Crippen molar-refractivity contribution in [1.29, 1.82) is 0 Å². The fourth-order valence-corrected chi connectivity index (χ4v) is 4.36. The van der Waals surface area contributed by atoms with Crippen LogP contribution in [0.25, 0.3) is 0 Å². The fraction of sp³-hybridized carbons (Fsp3) is 0.300. The van der Waals surface area contributed by atoms with Gasteiger partial charge in [0.2, 0.25) is 10.0 Å². The summed E-state index contributed by atoms with van der Waals surface area (Å²) in [6, 6.07) is 10.7. The Balaban J connectivity index is 2.05. The third-order valence-corrected chi connectivity index (χ3v) is 6.89. The van der Waals surface area contributed by atoms with Crippen molar-refractivity contribution >= 4 is 43.5 Å². The maximum atomic E-state index is 12.6. The minimum absolute atomic E-state index is 0.0174. The molecule has 0 aliphatic rings. The van der Waals surface area contributed by atoms with Gasteiger partial charge in [-0.15, -0.1) is 0 Å². The van der Waals surface area contributed by atoms with Crippen LogP contribution in [0.3, 0.4) is 0 Å². The van der Waals surface area contributed by atoms with Crippen molar-refractivity contribution in [2.75, 3.05) is 19.0 Å². The molecule has 2 rings (SSSR count). The second-order valence-electron chi connectivity index (χ2n) is 6.75. The molecule has 29 heavy (non-hydrogen) atoms. The lowest BCUT2D eigenvalue weighted by atomic mass is 10.2. The molecule has 2 aromatic rings. The van der Waals surface area contributed by atoms with Crippen molar-refractivity contribution in [1.82, 2.24) is 4.31 Å². The van der Waals surface area contributed by atoms with Crippen molar-refractivity contribution in [2.45, 2.75) is 31.7 Å². The van der Waals surface area contributed by atoms with E-state index in [4.69, 9.17) is 4.74 Å². The molecule has 9 heteroatoms. The lowest BCUT2D eigenvalue weighted by molar-refractivity contribution is -0.119. The summed E-state index contributed by atoms with van der Waals surface area (Å²) in [4.78, 5) is 24.3. The van der Waals surface area contributed by atoms with Crippen LogP contribution in [0.1, 0.15) is 29.8 Å². The van der Waals surface area contributed by atoms with E-state index in [1.165, 1.54) is 35.6 Å². The number of rotatable bonds is 7. The largest absolute Gasteiger partial charge is 0.452 e. The van der Waals surface area contributed by atoms with E-state index in [0.29, 0.717) is 10.2 Å². The first kappa shape index (κ1) is 23.1. The molecule has 0 aliphatic carbocycles. The first-order valence-electron chi connectivity index (χ1n) is 8.83. The maximum Gasteiger partial charge on any atom is 0.338 e. The standard InChI is InChI=1S/C20H23BrN2O5S/c1-13(2)23(4)29(26,27)16-7-5-6-15(11-16)20(25)28-12-19(24)22-18-9-8-14(3)10-17(18)21/h5-11,13H,12H2,1-4H3,(H,22,24). The van der Waals surface area contributed by atoms with Gasteiger partial charge in [-0.05, 0) is 72.6 Å². The van der Waals surface area contributed by atoms with Crippen molar-refractivity contribution in [3.8, 4) is 0 Å². The molecule has 0 fully saturated rings. The predicted molar refractivity (Wildman–Crippen MR) is 114 cm³/mol. The molecule has 1 N–H and O–H groups in total. The average molecular weight is 483 g/mol. The number of carbonyl (C=O) groups excluding carboxylic acids is 2. The molecule has 0 saturated carbocycles. The number of nitrogens with one attached hydrogen (secondary N) is 1. The topological polar surface area (TPSA) is 92.8 Å². The van der Waals surface area contributed by atoms with Crippen LogP contribution in [0.5, 0.6) is 0 Å². The summed E-state index contributed by atoms with van der Waals surface area (Å²) in [7, 11) is -2.26. The molecule has 0 saturated heterocycles. The number of carbonyl (C=O) groups is 2. The van der Waals surface area contributed by atoms with Gasteiger partial charge in [0.15, 0.2) is 6.61 Å². The van der Waals surface area contributed by atoms with E-state index in [-0.39, 0.29) is 16.5 Å². The number of sulfonamides is 1. The van der Waals surface area contributed by atoms with E-state index in [1.54, 1.807) is 19.9 Å². The Morgan fingerprint density at radius 2 is 1.86 bits per heavy atom. The zero-order chi connectivity index (χ0) is 21.8. The third kappa shape index (κ3) is 5.88. The van der Waals surface area contributed by atoms with Crippen LogP contribution in [0.2, 0.25) is 0 Å². The van der Waals surface area contributed by atoms with E-state index < -0.39 is 28.5 Å². The van der Waals surface area contributed by atoms with Gasteiger partial charge in [0, 0.05) is 17.6 Å². The number of hydrogen-bond donors (Lipinski definition) is 1. The van der Waals surface area contributed by atoms with Gasteiger partial charge >= 0.3 is 5.97 Å². The van der Waals surface area contributed by atoms with E-state index in [9.17, 15) is 18.0 Å². The number of benzene rings is 2. The zero-order valence-electron chi connectivity index (χ0n) is 16.6. The Kier molecular flexibility index (Phi) is 7.56. The van der Waals surface area contributed by atoms with E-state index in [1.807, 2.05) is 19.1 Å². The molecule has 0 bridgehead atoms. The number of amides is 1. The highest BCUT2D eigenvalue weighted by molar-refractivity contribution is 9.10. The second-order valence-corrected chi connectivity index (χ2v) is 9.60. The lowest BCUT2D eigenvalue weighted by Gasteiger charge is -2.21. The zero-order valence-corrected chi connectivity index (χ0v) is 19.0. The monoisotopic (exact) mass is 482 g/mol. The van der Waals surface area contributed by atoms with Gasteiger partial charge in [-0.25, -0.2) is 13.2 Å². The van der Waals surface area contributed by atoms with Gasteiger partial charge in [-0.2, -0.15) is 4.31 Å². The first-order chi connectivity index (χ1) is 13.5. The molecule has 0 aromatic heterocycles. The molecule has 0 spiro atoms. The molecule has 2 aromatic carbocycles. The van der Waals surface area contributed by atoms with Crippen LogP contribution < -0.4 is 5.32 Å². The van der Waals surface area contributed by atoms with Crippen LogP contribution in [0.15, 0.2) is 51.8 Å². The number of aryl methyl sites for hydroxylation is 1. The SMILES string of the molecule is Cc1ccc(NC(=O)COC(=O)c2cccc(S(=O)(=O)N(C)C(C)C)c2)c(Br)c1. The molecular formula is C20H23BrN2O5S. The van der Waals surface area contributed by atoms with Crippen LogP contribution >= 0.6 is 15.9 Å². The number of ether oxygens (including phenoxy) is 1. The highest BCUT2D eigenvalue weighted by Crippen LogP contribution is 2.23. The third-order valence-electron chi connectivity index (χ3n) is 4.21. The van der Waals surface area contributed by atoms with E-state index in [2.05, 4.69) is 21.2 Å². The molecule has 0 unspecified atom stereocenters. The van der Waals surface area contributed by atoms with Crippen molar-refractivity contribution in [2.24, 2.45) is 0 Å². The Bertz CT molecular complexity index is 1020. The van der Waals surface area contributed by atoms with Crippen molar-refractivity contribution < 1.29 is 22.7 Å². The average Bonchev–Trinajstić information content (AvgIpc) is 2.67. The summed E-state index contributed by atoms with van der Waals surface area (Å²) in [5.41, 5.74) is 1.63. The Labute approximate surface area is 179 Å². The fourth-order valence-electron chi connectivity index (χ4n) is 2.35. The summed E-state index contributed by atoms with van der Waals surface area (Å²) >= 11 is 3.36. The normalized spacial score (nSPS) is 11.6. The van der Waals surface area contributed by atoms with Crippen LogP contribution in [0.4, 0.5) is 5.69 Å². The lowest BCUT2D eigenvalue weighted by Crippen LogP contribution is -2.33. The van der Waals surface area contributed by atoms with Crippen molar-refractivity contribution in [3.05, 3.63) is 58.1 Å². The highest BCUT2D eigenvalue weighted by atomic mass is 79.9. The molecule has 0 radical (unpaired) electrons. The van der Waals surface area contributed by atoms with Gasteiger partial charge < -0.3 is 10.1 Å². The quantitative estimate of drug-likeness (QED) is 0.608. The summed E-state index contributed by atoms with van der Waals surface area (Å²) in [5, 5.41) is 2.64. The maximum absolute atomic E-state index is 12.6. The van der Waals surface area contributed by atoms with Gasteiger partial charge in [0.1, 0.15) is 0 Å². The van der Waals surface area contributed by atoms with Gasteiger partial charge in [0.25, 0.3) is 5.91 Å². The minimum atomic E-state index is -3.73. The van der Waals surface area contributed by atoms with Crippen LogP contribution in [-0.4, -0.2) is 44.3 Å². The molecule has 1 amide bonds. The van der Waals surface area contributed by atoms with Gasteiger partial charge in [-0.1, -0.05) is 12.1 Å². The second kappa shape index (κ2) is 9.51. The predicted octanol–water partition coefficient (Wildman–Crippen LogP) is 3.58. The minimum Gasteiger partial charge on any atom is -0.452 e. The molecule has 0 heterocycles.